The Morgan fingerprint density at radius 2 is 0.558 bits per heavy atom. The highest BCUT2D eigenvalue weighted by atomic mass is 31.2. The van der Waals surface area contributed by atoms with Gasteiger partial charge >= 0.3 is 33.6 Å². The normalized spacial score (nSPS) is 14.6. The number of rotatable bonds is 72. The molecule has 5 atom stereocenters. The largest absolute Gasteiger partial charge is 0.472 e. The average molecular weight is 1380 g/mol. The zero-order valence-corrected chi connectivity index (χ0v) is 61.9. The molecular weight excluding hydrogens is 1240 g/mol. The molecule has 16 nitrogen and oxygen atoms in total. The Hall–Kier alpha value is -3.27. The maximum absolute atomic E-state index is 12.8. The molecule has 95 heavy (non-hydrogen) atoms. The first kappa shape index (κ1) is 91.7. The molecule has 0 saturated carbocycles. The summed E-state index contributed by atoms with van der Waals surface area (Å²) >= 11 is 0. The number of esters is 3. The molecule has 0 aromatic carbocycles. The van der Waals surface area contributed by atoms with E-state index in [1.807, 2.05) is 0 Å². The van der Waals surface area contributed by atoms with Crippen molar-refractivity contribution in [3.63, 3.8) is 0 Å². The van der Waals surface area contributed by atoms with Gasteiger partial charge in [-0.25, -0.2) is 9.13 Å². The van der Waals surface area contributed by atoms with Crippen LogP contribution in [-0.2, 0) is 55.8 Å². The third kappa shape index (κ3) is 71.8. The lowest BCUT2D eigenvalue weighted by atomic mass is 10.0. The number of phosphoric acid groups is 2. The van der Waals surface area contributed by atoms with Crippen molar-refractivity contribution in [1.29, 1.82) is 0 Å². The van der Waals surface area contributed by atoms with Crippen molar-refractivity contribution in [2.45, 2.75) is 347 Å². The van der Waals surface area contributed by atoms with E-state index in [4.69, 9.17) is 32.3 Å². The van der Waals surface area contributed by atoms with Crippen LogP contribution in [0.4, 0.5) is 0 Å². The number of allylic oxidation sites excluding steroid dienone is 14. The summed E-state index contributed by atoms with van der Waals surface area (Å²) in [4.78, 5) is 58.3. The summed E-state index contributed by atoms with van der Waals surface area (Å²) in [5.41, 5.74) is 0. The molecule has 0 amide bonds. The van der Waals surface area contributed by atoms with Crippen LogP contribution in [-0.4, -0.2) is 95.9 Å². The maximum atomic E-state index is 12.8. The smallest absolute Gasteiger partial charge is 0.463 e. The molecule has 18 heteroatoms. The van der Waals surface area contributed by atoms with Crippen molar-refractivity contribution >= 4 is 33.6 Å². The Labute approximate surface area is 578 Å². The van der Waals surface area contributed by atoms with Crippen LogP contribution in [0.15, 0.2) is 85.1 Å². The summed E-state index contributed by atoms with van der Waals surface area (Å²) in [6, 6.07) is 0. The second-order valence-corrected chi connectivity index (χ2v) is 28.4. The lowest BCUT2D eigenvalue weighted by Crippen LogP contribution is -2.30. The van der Waals surface area contributed by atoms with Crippen LogP contribution in [0.3, 0.4) is 0 Å². The van der Waals surface area contributed by atoms with Gasteiger partial charge in [-0.1, -0.05) is 286 Å². The number of hydrogen-bond acceptors (Lipinski definition) is 14. The molecular formula is C77H138O16P2. The molecule has 0 spiro atoms. The molecule has 0 aromatic rings. The standard InChI is InChI=1S/C77H138O16P2/c1-4-7-10-13-16-19-22-24-25-26-27-28-29-30-31-32-33-34-35-36-37-38-39-40-41-42-43-44-45-47-50-51-54-57-60-63-75(80)87-66-72(78)67-89-94(83,84)90-68-73(79)69-91-95(85,86)92-71-74(93-77(82)65-62-59-56-53-48-21-18-15-12-9-6-3)70-88-76(81)64-61-58-55-52-49-46-23-20-17-14-11-8-5-2/h11,14-16,18-20,23-25,27-28,30-31,72-74,78-79H,4-10,12-13,17,21-22,26,29,32-71H2,1-3H3,(H,83,84)(H,85,86)/b14-11-,18-15-,19-16-,23-20-,25-24-,28-27-,31-30-. The number of phosphoric ester groups is 2. The third-order valence-corrected chi connectivity index (χ3v) is 17.9. The third-order valence-electron chi connectivity index (χ3n) is 16.0. The Morgan fingerprint density at radius 3 is 0.916 bits per heavy atom. The average Bonchev–Trinajstić information content (AvgIpc) is 3.77. The first-order valence-corrected chi connectivity index (χ1v) is 40.9. The van der Waals surface area contributed by atoms with Crippen molar-refractivity contribution in [3.8, 4) is 0 Å². The summed E-state index contributed by atoms with van der Waals surface area (Å²) in [6.07, 6.45) is 78.3. The molecule has 0 aliphatic heterocycles. The van der Waals surface area contributed by atoms with Crippen molar-refractivity contribution < 1.29 is 75.8 Å². The van der Waals surface area contributed by atoms with Crippen LogP contribution in [0, 0.1) is 0 Å². The summed E-state index contributed by atoms with van der Waals surface area (Å²) in [6.45, 7) is 2.53. The van der Waals surface area contributed by atoms with Crippen molar-refractivity contribution in [2.75, 3.05) is 39.6 Å². The van der Waals surface area contributed by atoms with E-state index in [-0.39, 0.29) is 19.3 Å². The minimum Gasteiger partial charge on any atom is -0.463 e. The van der Waals surface area contributed by atoms with E-state index < -0.39 is 91.5 Å². The minimum absolute atomic E-state index is 0.0926. The molecule has 5 unspecified atom stereocenters. The van der Waals surface area contributed by atoms with Crippen molar-refractivity contribution in [1.82, 2.24) is 0 Å². The van der Waals surface area contributed by atoms with E-state index in [1.54, 1.807) is 0 Å². The molecule has 0 rings (SSSR count). The molecule has 0 heterocycles. The predicted molar refractivity (Wildman–Crippen MR) is 390 cm³/mol. The highest BCUT2D eigenvalue weighted by Crippen LogP contribution is 2.45. The van der Waals surface area contributed by atoms with Gasteiger partial charge in [0.15, 0.2) is 6.10 Å². The summed E-state index contributed by atoms with van der Waals surface area (Å²) in [5.74, 6) is -1.59. The topological polar surface area (TPSA) is 231 Å². The molecule has 0 fully saturated rings. The number of unbranched alkanes of at least 4 members (excludes halogenated alkanes) is 35. The molecule has 0 saturated heterocycles. The Kier molecular flexibility index (Phi) is 68.2. The van der Waals surface area contributed by atoms with Gasteiger partial charge in [0.25, 0.3) is 0 Å². The van der Waals surface area contributed by atoms with Gasteiger partial charge in [0.1, 0.15) is 25.4 Å². The number of aliphatic hydroxyl groups is 2. The van der Waals surface area contributed by atoms with Crippen LogP contribution >= 0.6 is 15.6 Å². The Morgan fingerprint density at radius 1 is 0.295 bits per heavy atom. The van der Waals surface area contributed by atoms with Gasteiger partial charge < -0.3 is 34.2 Å². The highest BCUT2D eigenvalue weighted by Gasteiger charge is 2.29. The van der Waals surface area contributed by atoms with E-state index in [1.165, 1.54) is 141 Å². The minimum atomic E-state index is -4.92. The fraction of sp³-hybridized carbons (Fsp3) is 0.779. The molecule has 0 radical (unpaired) electrons. The van der Waals surface area contributed by atoms with Crippen LogP contribution in [0.5, 0.6) is 0 Å². The zero-order chi connectivity index (χ0) is 69.5. The number of hydrogen-bond donors (Lipinski definition) is 4. The van der Waals surface area contributed by atoms with Gasteiger partial charge in [0.05, 0.1) is 26.4 Å². The molecule has 0 aromatic heterocycles. The second kappa shape index (κ2) is 70.6. The van der Waals surface area contributed by atoms with E-state index >= 15 is 0 Å². The quantitative estimate of drug-likeness (QED) is 0.0146. The maximum Gasteiger partial charge on any atom is 0.472 e. The molecule has 552 valence electrons. The van der Waals surface area contributed by atoms with Crippen LogP contribution < -0.4 is 0 Å². The van der Waals surface area contributed by atoms with Gasteiger partial charge in [-0.3, -0.25) is 32.5 Å². The molecule has 0 aliphatic carbocycles. The molecule has 0 aliphatic rings. The van der Waals surface area contributed by atoms with E-state index in [9.17, 15) is 43.5 Å². The Bertz CT molecular complexity index is 2070. The van der Waals surface area contributed by atoms with Crippen molar-refractivity contribution in [2.24, 2.45) is 0 Å². The summed E-state index contributed by atoms with van der Waals surface area (Å²) in [5, 5.41) is 20.6. The monoisotopic (exact) mass is 1380 g/mol. The van der Waals surface area contributed by atoms with Gasteiger partial charge in [-0.2, -0.15) is 0 Å². The van der Waals surface area contributed by atoms with Crippen LogP contribution in [0.2, 0.25) is 0 Å². The summed E-state index contributed by atoms with van der Waals surface area (Å²) < 4.78 is 60.8. The number of carbonyl (C=O) groups excluding carboxylic acids is 3. The van der Waals surface area contributed by atoms with Crippen LogP contribution in [0.1, 0.15) is 329 Å². The SMILES string of the molecule is CCC/C=C\C/C=C\CCCCCCCC(=O)OCC(COP(=O)(O)OCC(O)COP(=O)(O)OCC(O)COC(=O)CCCCCCCCCCCCCCCCCCCCC/C=C\C/C=C\C/C=C\C/C=C\CCCCC)OC(=O)CCCCCCC/C=C\CCCC. The van der Waals surface area contributed by atoms with Gasteiger partial charge in [-0.15, -0.1) is 0 Å². The molecule has 0 bridgehead atoms. The Balaban J connectivity index is 4.24. The first-order valence-electron chi connectivity index (χ1n) is 37.9. The second-order valence-electron chi connectivity index (χ2n) is 25.4. The fourth-order valence-corrected chi connectivity index (χ4v) is 11.8. The lowest BCUT2D eigenvalue weighted by Gasteiger charge is -2.21. The zero-order valence-electron chi connectivity index (χ0n) is 60.1. The number of ether oxygens (including phenoxy) is 3. The van der Waals surface area contributed by atoms with E-state index in [2.05, 4.69) is 106 Å². The highest BCUT2D eigenvalue weighted by molar-refractivity contribution is 7.47. The first-order chi connectivity index (χ1) is 46.2. The fourth-order valence-electron chi connectivity index (χ4n) is 10.2. The summed E-state index contributed by atoms with van der Waals surface area (Å²) in [7, 11) is -9.77. The number of aliphatic hydroxyl groups excluding tert-OH is 2. The van der Waals surface area contributed by atoms with E-state index in [0.717, 1.165) is 128 Å². The van der Waals surface area contributed by atoms with E-state index in [0.29, 0.717) is 19.3 Å². The van der Waals surface area contributed by atoms with Gasteiger partial charge in [0.2, 0.25) is 0 Å². The van der Waals surface area contributed by atoms with Gasteiger partial charge in [-0.05, 0) is 109 Å². The van der Waals surface area contributed by atoms with Crippen molar-refractivity contribution in [3.05, 3.63) is 85.1 Å². The predicted octanol–water partition coefficient (Wildman–Crippen LogP) is 21.7. The van der Waals surface area contributed by atoms with Crippen LogP contribution in [0.25, 0.3) is 0 Å². The number of carbonyl (C=O) groups is 3. The molecule has 4 N–H and O–H groups in total. The van der Waals surface area contributed by atoms with Gasteiger partial charge in [0, 0.05) is 19.3 Å². The lowest BCUT2D eigenvalue weighted by molar-refractivity contribution is -0.161.